The Hall–Kier alpha value is -2.76. The molecule has 1 N–H and O–H groups in total. The van der Waals surface area contributed by atoms with Crippen LogP contribution in [0.5, 0.6) is 11.5 Å². The summed E-state index contributed by atoms with van der Waals surface area (Å²) in [6, 6.07) is 4.68. The van der Waals surface area contributed by atoms with Gasteiger partial charge in [-0.15, -0.1) is 0 Å². The zero-order valence-electron chi connectivity index (χ0n) is 14.3. The third-order valence-electron chi connectivity index (χ3n) is 2.73. The Morgan fingerprint density at radius 3 is 1.96 bits per heavy atom. The molecule has 0 bridgehead atoms. The number of hydrogen-bond acceptors (Lipinski definition) is 5. The van der Waals surface area contributed by atoms with Crippen LogP contribution in [0.3, 0.4) is 0 Å². The molecule has 1 rings (SSSR count). The Labute approximate surface area is 142 Å². The number of amides is 1. The molecule has 6 heteroatoms. The van der Waals surface area contributed by atoms with E-state index < -0.39 is 17.3 Å². The van der Waals surface area contributed by atoms with Crippen LogP contribution < -0.4 is 15.0 Å². The van der Waals surface area contributed by atoms with Gasteiger partial charge in [0.05, 0.1) is 5.41 Å². The highest BCUT2D eigenvalue weighted by Gasteiger charge is 2.24. The highest BCUT2D eigenvalue weighted by Crippen LogP contribution is 2.23. The Kier molecular flexibility index (Phi) is 7.04. The van der Waals surface area contributed by atoms with E-state index in [1.165, 1.54) is 12.1 Å². The lowest BCUT2D eigenvalue weighted by molar-refractivity contribution is -0.158. The van der Waals surface area contributed by atoms with E-state index in [4.69, 9.17) is 14.3 Å². The summed E-state index contributed by atoms with van der Waals surface area (Å²) in [4.78, 5) is 28.7. The number of hydrogen-bond donors (Lipinski definition) is 1. The molecule has 1 aromatic carbocycles. The van der Waals surface area contributed by atoms with E-state index in [0.29, 0.717) is 11.5 Å². The molecule has 0 aliphatic heterocycles. The zero-order chi connectivity index (χ0) is 18.2. The van der Waals surface area contributed by atoms with Gasteiger partial charge in [0.2, 0.25) is 0 Å². The minimum Gasteiger partial charge on any atom is -0.489 e. The topological polar surface area (TPSA) is 73.9 Å². The van der Waals surface area contributed by atoms with Crippen molar-refractivity contribution in [3.63, 3.8) is 0 Å². The van der Waals surface area contributed by atoms with E-state index in [1.807, 2.05) is 0 Å². The Balaban J connectivity index is 2.90. The molecule has 0 spiro atoms. The van der Waals surface area contributed by atoms with Crippen LogP contribution in [0, 0.1) is 5.41 Å². The molecule has 0 fully saturated rings. The summed E-state index contributed by atoms with van der Waals surface area (Å²) in [6.07, 6.45) is 3.17. The number of rotatable bonds is 7. The van der Waals surface area contributed by atoms with Crippen molar-refractivity contribution in [2.24, 2.45) is 5.41 Å². The number of benzene rings is 1. The molecule has 1 amide bonds. The summed E-state index contributed by atoms with van der Waals surface area (Å²) in [5, 5.41) is 0. The molecular weight excluding hydrogens is 310 g/mol. The molecule has 6 nitrogen and oxygen atoms in total. The van der Waals surface area contributed by atoms with Crippen molar-refractivity contribution >= 4 is 11.9 Å². The third kappa shape index (κ3) is 6.16. The van der Waals surface area contributed by atoms with Gasteiger partial charge >= 0.3 is 5.97 Å². The van der Waals surface area contributed by atoms with E-state index >= 15 is 0 Å². The van der Waals surface area contributed by atoms with Gasteiger partial charge < -0.3 is 14.3 Å². The van der Waals surface area contributed by atoms with Gasteiger partial charge in [0.25, 0.3) is 5.91 Å². The lowest BCUT2D eigenvalue weighted by Crippen LogP contribution is -2.33. The Morgan fingerprint density at radius 2 is 1.54 bits per heavy atom. The number of carbonyl (C=O) groups is 2. The quantitative estimate of drug-likeness (QED) is 0.613. The first kappa shape index (κ1) is 19.3. The average Bonchev–Trinajstić information content (AvgIpc) is 2.54. The predicted octanol–water partition coefficient (Wildman–Crippen LogP) is 3.05. The molecule has 0 unspecified atom stereocenters. The second-order valence-electron chi connectivity index (χ2n) is 5.96. The number of nitrogens with one attached hydrogen (secondary N) is 1. The summed E-state index contributed by atoms with van der Waals surface area (Å²) in [7, 11) is 0. The molecular formula is C18H23NO5. The van der Waals surface area contributed by atoms with E-state index in [9.17, 15) is 9.59 Å². The summed E-state index contributed by atoms with van der Waals surface area (Å²) < 4.78 is 10.9. The minimum atomic E-state index is -0.722. The Morgan fingerprint density at radius 1 is 1.04 bits per heavy atom. The SMILES string of the molecule is C=CCOc1cc(OCC=C)cc(C(=O)NOC(=O)C(C)(C)C)c1. The van der Waals surface area contributed by atoms with Crippen molar-refractivity contribution in [3.05, 3.63) is 49.1 Å². The van der Waals surface area contributed by atoms with E-state index in [2.05, 4.69) is 18.6 Å². The third-order valence-corrected chi connectivity index (χ3v) is 2.73. The molecule has 24 heavy (non-hydrogen) atoms. The standard InChI is InChI=1S/C18H23NO5/c1-6-8-22-14-10-13(11-15(12-14)23-9-7-2)16(20)19-24-17(21)18(3,4)5/h6-7,10-12H,1-2,8-9H2,3-5H3,(H,19,20). The van der Waals surface area contributed by atoms with Crippen molar-refractivity contribution in [1.29, 1.82) is 0 Å². The molecule has 0 heterocycles. The van der Waals surface area contributed by atoms with E-state index in [1.54, 1.807) is 39.0 Å². The number of hydroxylamine groups is 1. The van der Waals surface area contributed by atoms with Gasteiger partial charge in [0.15, 0.2) is 0 Å². The van der Waals surface area contributed by atoms with Crippen LogP contribution in [0.1, 0.15) is 31.1 Å². The molecule has 0 atom stereocenters. The average molecular weight is 333 g/mol. The van der Waals surface area contributed by atoms with Gasteiger partial charge in [-0.2, -0.15) is 5.48 Å². The lowest BCUT2D eigenvalue weighted by atomic mass is 9.98. The van der Waals surface area contributed by atoms with Crippen molar-refractivity contribution in [1.82, 2.24) is 5.48 Å². The summed E-state index contributed by atoms with van der Waals surface area (Å²) in [5.74, 6) is -0.259. The van der Waals surface area contributed by atoms with Crippen molar-refractivity contribution in [3.8, 4) is 11.5 Å². The fourth-order valence-corrected chi connectivity index (χ4v) is 1.48. The smallest absolute Gasteiger partial charge is 0.337 e. The highest BCUT2D eigenvalue weighted by atomic mass is 16.7. The fraction of sp³-hybridized carbons (Fsp3) is 0.333. The first-order valence-corrected chi connectivity index (χ1v) is 7.42. The zero-order valence-corrected chi connectivity index (χ0v) is 14.3. The maximum atomic E-state index is 12.2. The van der Waals surface area contributed by atoms with Gasteiger partial charge in [-0.25, -0.2) is 4.79 Å². The monoisotopic (exact) mass is 333 g/mol. The number of carbonyl (C=O) groups excluding carboxylic acids is 2. The van der Waals surface area contributed by atoms with Crippen LogP contribution in [0.15, 0.2) is 43.5 Å². The summed E-state index contributed by atoms with van der Waals surface area (Å²) in [6.45, 7) is 12.8. The summed E-state index contributed by atoms with van der Waals surface area (Å²) >= 11 is 0. The largest absolute Gasteiger partial charge is 0.489 e. The molecule has 1 aromatic rings. The molecule has 0 aliphatic rings. The van der Waals surface area contributed by atoms with Crippen LogP contribution in [0.2, 0.25) is 0 Å². The molecule has 0 radical (unpaired) electrons. The second kappa shape index (κ2) is 8.76. The molecule has 0 aromatic heterocycles. The van der Waals surface area contributed by atoms with Crippen molar-refractivity contribution in [2.45, 2.75) is 20.8 Å². The maximum Gasteiger partial charge on any atom is 0.337 e. The molecule has 0 saturated heterocycles. The van der Waals surface area contributed by atoms with Crippen molar-refractivity contribution < 1.29 is 23.9 Å². The second-order valence-corrected chi connectivity index (χ2v) is 5.96. The normalized spacial score (nSPS) is 10.5. The van der Waals surface area contributed by atoms with Gasteiger partial charge in [-0.05, 0) is 32.9 Å². The van der Waals surface area contributed by atoms with Gasteiger partial charge in [-0.3, -0.25) is 4.79 Å². The first-order chi connectivity index (χ1) is 11.3. The van der Waals surface area contributed by atoms with Gasteiger partial charge in [0.1, 0.15) is 24.7 Å². The van der Waals surface area contributed by atoms with E-state index in [-0.39, 0.29) is 18.8 Å². The fourth-order valence-electron chi connectivity index (χ4n) is 1.48. The lowest BCUT2D eigenvalue weighted by Gasteiger charge is -2.16. The van der Waals surface area contributed by atoms with Crippen LogP contribution in [-0.4, -0.2) is 25.1 Å². The van der Waals surface area contributed by atoms with Gasteiger partial charge in [-0.1, -0.05) is 25.3 Å². The van der Waals surface area contributed by atoms with Crippen LogP contribution in [0.25, 0.3) is 0 Å². The minimum absolute atomic E-state index is 0.234. The van der Waals surface area contributed by atoms with Crippen molar-refractivity contribution in [2.75, 3.05) is 13.2 Å². The van der Waals surface area contributed by atoms with Crippen LogP contribution in [0.4, 0.5) is 0 Å². The molecule has 130 valence electrons. The molecule has 0 saturated carbocycles. The predicted molar refractivity (Wildman–Crippen MR) is 90.8 cm³/mol. The van der Waals surface area contributed by atoms with Crippen LogP contribution >= 0.6 is 0 Å². The summed E-state index contributed by atoms with van der Waals surface area (Å²) in [5.41, 5.74) is 1.64. The number of ether oxygens (including phenoxy) is 2. The Bertz CT molecular complexity index is 586. The van der Waals surface area contributed by atoms with E-state index in [0.717, 1.165) is 0 Å². The first-order valence-electron chi connectivity index (χ1n) is 7.42. The van der Waals surface area contributed by atoms with Gasteiger partial charge in [0, 0.05) is 11.6 Å². The molecule has 0 aliphatic carbocycles. The van der Waals surface area contributed by atoms with Crippen LogP contribution in [-0.2, 0) is 9.63 Å². The highest BCUT2D eigenvalue weighted by molar-refractivity contribution is 5.95. The maximum absolute atomic E-state index is 12.2.